The molecule has 0 spiro atoms. The van der Waals surface area contributed by atoms with Crippen LogP contribution in [0.2, 0.25) is 0 Å². The van der Waals surface area contributed by atoms with Gasteiger partial charge in [-0.25, -0.2) is 0 Å². The second kappa shape index (κ2) is 5.68. The Balaban J connectivity index is 0.000000165. The quantitative estimate of drug-likeness (QED) is 0.624. The predicted molar refractivity (Wildman–Crippen MR) is 62.9 cm³/mol. The number of hydrogen-bond donors (Lipinski definition) is 0. The Hall–Kier alpha value is -1.32. The number of nitrogens with zero attached hydrogens (tertiary/aromatic N) is 2. The third-order valence-electron chi connectivity index (χ3n) is 2.96. The Morgan fingerprint density at radius 3 is 2.12 bits per heavy atom. The molecule has 90 valence electrons. The molecule has 2 amide bonds. The SMILES string of the molecule is C=C1CCN(CC)C1=O.CN1CCCC1=O. The van der Waals surface area contributed by atoms with Crippen LogP contribution in [-0.2, 0) is 9.59 Å². The van der Waals surface area contributed by atoms with E-state index in [0.717, 1.165) is 44.5 Å². The van der Waals surface area contributed by atoms with Crippen LogP contribution in [0.1, 0.15) is 26.2 Å². The van der Waals surface area contributed by atoms with E-state index < -0.39 is 0 Å². The van der Waals surface area contributed by atoms with Crippen molar-refractivity contribution in [1.29, 1.82) is 0 Å². The topological polar surface area (TPSA) is 40.6 Å². The average Bonchev–Trinajstić information content (AvgIpc) is 2.78. The van der Waals surface area contributed by atoms with E-state index in [1.54, 1.807) is 4.90 Å². The molecule has 4 heteroatoms. The first-order valence-electron chi connectivity index (χ1n) is 5.77. The minimum atomic E-state index is 0.137. The van der Waals surface area contributed by atoms with Crippen molar-refractivity contribution in [2.75, 3.05) is 26.7 Å². The lowest BCUT2D eigenvalue weighted by Gasteiger charge is -2.09. The molecule has 0 aliphatic carbocycles. The van der Waals surface area contributed by atoms with E-state index in [0.29, 0.717) is 5.91 Å². The first-order valence-corrected chi connectivity index (χ1v) is 5.77. The molecule has 0 atom stereocenters. The van der Waals surface area contributed by atoms with Crippen LogP contribution in [0.25, 0.3) is 0 Å². The molecule has 0 bridgehead atoms. The van der Waals surface area contributed by atoms with Crippen molar-refractivity contribution >= 4 is 11.8 Å². The summed E-state index contributed by atoms with van der Waals surface area (Å²) in [5.74, 6) is 0.428. The fraction of sp³-hybridized carbons (Fsp3) is 0.667. The molecular formula is C12H20N2O2. The summed E-state index contributed by atoms with van der Waals surface area (Å²) in [6, 6.07) is 0. The highest BCUT2D eigenvalue weighted by molar-refractivity contribution is 5.94. The van der Waals surface area contributed by atoms with Gasteiger partial charge in [0.05, 0.1) is 0 Å². The van der Waals surface area contributed by atoms with E-state index in [2.05, 4.69) is 6.58 Å². The zero-order valence-electron chi connectivity index (χ0n) is 10.2. The van der Waals surface area contributed by atoms with E-state index in [-0.39, 0.29) is 5.91 Å². The number of carbonyl (C=O) groups excluding carboxylic acids is 2. The molecule has 2 aliphatic rings. The van der Waals surface area contributed by atoms with Crippen LogP contribution in [0.15, 0.2) is 12.2 Å². The molecule has 2 fully saturated rings. The van der Waals surface area contributed by atoms with Crippen LogP contribution in [-0.4, -0.2) is 48.3 Å². The second-order valence-corrected chi connectivity index (χ2v) is 4.16. The van der Waals surface area contributed by atoms with E-state index in [9.17, 15) is 9.59 Å². The predicted octanol–water partition coefficient (Wildman–Crippen LogP) is 1.03. The van der Waals surface area contributed by atoms with E-state index in [1.807, 2.05) is 18.9 Å². The average molecular weight is 224 g/mol. The highest BCUT2D eigenvalue weighted by Crippen LogP contribution is 2.13. The highest BCUT2D eigenvalue weighted by atomic mass is 16.2. The molecule has 4 nitrogen and oxygen atoms in total. The van der Waals surface area contributed by atoms with E-state index in [1.165, 1.54) is 0 Å². The Labute approximate surface area is 96.9 Å². The Morgan fingerprint density at radius 2 is 1.94 bits per heavy atom. The smallest absolute Gasteiger partial charge is 0.249 e. The van der Waals surface area contributed by atoms with Crippen molar-refractivity contribution in [1.82, 2.24) is 9.80 Å². The molecule has 0 aromatic carbocycles. The van der Waals surface area contributed by atoms with Gasteiger partial charge in [-0.05, 0) is 19.8 Å². The molecule has 0 unspecified atom stereocenters. The van der Waals surface area contributed by atoms with E-state index >= 15 is 0 Å². The molecule has 0 radical (unpaired) electrons. The van der Waals surface area contributed by atoms with Crippen LogP contribution in [0.3, 0.4) is 0 Å². The maximum absolute atomic E-state index is 11.0. The van der Waals surface area contributed by atoms with Crippen molar-refractivity contribution in [2.45, 2.75) is 26.2 Å². The Kier molecular flexibility index (Phi) is 4.52. The lowest BCUT2D eigenvalue weighted by atomic mass is 10.3. The van der Waals surface area contributed by atoms with Crippen molar-refractivity contribution in [3.8, 4) is 0 Å². The van der Waals surface area contributed by atoms with Crippen LogP contribution < -0.4 is 0 Å². The highest BCUT2D eigenvalue weighted by Gasteiger charge is 2.21. The maximum atomic E-state index is 11.0. The molecule has 2 saturated heterocycles. The van der Waals surface area contributed by atoms with Crippen molar-refractivity contribution < 1.29 is 9.59 Å². The molecule has 0 saturated carbocycles. The largest absolute Gasteiger partial charge is 0.346 e. The van der Waals surface area contributed by atoms with Gasteiger partial charge in [0.15, 0.2) is 0 Å². The maximum Gasteiger partial charge on any atom is 0.249 e. The summed E-state index contributed by atoms with van der Waals surface area (Å²) in [6.45, 7) is 8.27. The Bertz CT molecular complexity index is 299. The number of likely N-dealkylation sites (N-methyl/N-ethyl adjacent to an activating group) is 1. The third-order valence-corrected chi connectivity index (χ3v) is 2.96. The molecule has 16 heavy (non-hydrogen) atoms. The van der Waals surface area contributed by atoms with Crippen LogP contribution >= 0.6 is 0 Å². The first-order chi connectivity index (χ1) is 7.56. The summed E-state index contributed by atoms with van der Waals surface area (Å²) in [4.78, 5) is 25.0. The van der Waals surface area contributed by atoms with Gasteiger partial charge in [0, 0.05) is 38.7 Å². The lowest BCUT2D eigenvalue weighted by molar-refractivity contribution is -0.126. The molecule has 2 heterocycles. The zero-order valence-corrected chi connectivity index (χ0v) is 10.2. The number of amides is 2. The second-order valence-electron chi connectivity index (χ2n) is 4.16. The van der Waals surface area contributed by atoms with Gasteiger partial charge in [0.25, 0.3) is 0 Å². The molecular weight excluding hydrogens is 204 g/mol. The normalized spacial score (nSPS) is 20.2. The summed E-state index contributed by atoms with van der Waals surface area (Å²) in [7, 11) is 1.84. The summed E-state index contributed by atoms with van der Waals surface area (Å²) in [5, 5.41) is 0. The summed E-state index contributed by atoms with van der Waals surface area (Å²) >= 11 is 0. The molecule has 2 aliphatic heterocycles. The van der Waals surface area contributed by atoms with Gasteiger partial charge in [-0.1, -0.05) is 6.58 Å². The number of rotatable bonds is 1. The monoisotopic (exact) mass is 224 g/mol. The van der Waals surface area contributed by atoms with Crippen LogP contribution in [0.5, 0.6) is 0 Å². The first kappa shape index (κ1) is 12.7. The lowest BCUT2D eigenvalue weighted by Crippen LogP contribution is -2.24. The van der Waals surface area contributed by atoms with Gasteiger partial charge in [-0.3, -0.25) is 9.59 Å². The molecule has 0 aromatic rings. The zero-order chi connectivity index (χ0) is 12.1. The minimum absolute atomic E-state index is 0.137. The van der Waals surface area contributed by atoms with Gasteiger partial charge in [-0.2, -0.15) is 0 Å². The van der Waals surface area contributed by atoms with E-state index in [4.69, 9.17) is 0 Å². The van der Waals surface area contributed by atoms with Crippen LogP contribution in [0, 0.1) is 0 Å². The van der Waals surface area contributed by atoms with Crippen molar-refractivity contribution in [3.05, 3.63) is 12.2 Å². The van der Waals surface area contributed by atoms with Crippen molar-refractivity contribution in [2.24, 2.45) is 0 Å². The van der Waals surface area contributed by atoms with Gasteiger partial charge in [0.2, 0.25) is 11.8 Å². The van der Waals surface area contributed by atoms with Gasteiger partial charge >= 0.3 is 0 Å². The van der Waals surface area contributed by atoms with Crippen LogP contribution in [0.4, 0.5) is 0 Å². The van der Waals surface area contributed by atoms with Gasteiger partial charge in [-0.15, -0.1) is 0 Å². The van der Waals surface area contributed by atoms with Crippen molar-refractivity contribution in [3.63, 3.8) is 0 Å². The molecule has 2 rings (SSSR count). The molecule has 0 N–H and O–H groups in total. The number of likely N-dealkylation sites (tertiary alicyclic amines) is 2. The molecule has 0 aromatic heterocycles. The summed E-state index contributed by atoms with van der Waals surface area (Å²) in [5.41, 5.74) is 0.761. The summed E-state index contributed by atoms with van der Waals surface area (Å²) in [6.07, 6.45) is 2.67. The summed E-state index contributed by atoms with van der Waals surface area (Å²) < 4.78 is 0. The number of hydrogen-bond acceptors (Lipinski definition) is 2. The fourth-order valence-electron chi connectivity index (χ4n) is 1.79. The number of carbonyl (C=O) groups is 2. The Morgan fingerprint density at radius 1 is 1.25 bits per heavy atom. The third kappa shape index (κ3) is 3.08. The standard InChI is InChI=1S/C7H11NO.C5H9NO/c1-3-8-5-4-6(2)7(8)9;1-6-4-2-3-5(6)7/h2-5H2,1H3;2-4H2,1H3. The van der Waals surface area contributed by atoms with Gasteiger partial charge < -0.3 is 9.80 Å². The van der Waals surface area contributed by atoms with Gasteiger partial charge in [0.1, 0.15) is 0 Å². The fourth-order valence-corrected chi connectivity index (χ4v) is 1.79. The minimum Gasteiger partial charge on any atom is -0.346 e.